The third-order valence-corrected chi connectivity index (χ3v) is 5.00. The van der Waals surface area contributed by atoms with Crippen LogP contribution in [0.15, 0.2) is 0 Å². The monoisotopic (exact) mass is 401 g/mol. The maximum atomic E-state index is 11.8. The molecule has 3 unspecified atom stereocenters. The lowest BCUT2D eigenvalue weighted by Crippen LogP contribution is -2.36. The van der Waals surface area contributed by atoms with E-state index in [2.05, 4.69) is 0 Å². The fraction of sp³-hybridized carbons (Fsp3) is 0.857. The second-order valence-corrected chi connectivity index (χ2v) is 7.27. The average molecular weight is 402 g/mol. The van der Waals surface area contributed by atoms with Gasteiger partial charge >= 0.3 is 17.9 Å². The summed E-state index contributed by atoms with van der Waals surface area (Å²) in [6.07, 6.45) is 2.21. The zero-order valence-electron chi connectivity index (χ0n) is 18.5. The zero-order valence-corrected chi connectivity index (χ0v) is 18.5. The minimum atomic E-state index is -0.214. The number of hydrogen-bond donors (Lipinski definition) is 0. The molecule has 0 N–H and O–H groups in total. The van der Waals surface area contributed by atoms with Gasteiger partial charge in [-0.25, -0.2) is 0 Å². The van der Waals surface area contributed by atoms with Crippen molar-refractivity contribution in [2.24, 2.45) is 17.8 Å². The Morgan fingerprint density at radius 1 is 0.607 bits per heavy atom. The van der Waals surface area contributed by atoms with Crippen molar-refractivity contribution in [1.82, 2.24) is 4.90 Å². The number of ether oxygens (including phenoxy) is 3. The van der Waals surface area contributed by atoms with Crippen molar-refractivity contribution in [3.8, 4) is 0 Å². The van der Waals surface area contributed by atoms with Gasteiger partial charge in [-0.2, -0.15) is 0 Å². The third kappa shape index (κ3) is 11.3. The number of esters is 3. The van der Waals surface area contributed by atoms with E-state index in [0.29, 0.717) is 19.6 Å². The second kappa shape index (κ2) is 15.3. The van der Waals surface area contributed by atoms with Crippen LogP contribution in [-0.4, -0.2) is 62.3 Å². The van der Waals surface area contributed by atoms with Crippen LogP contribution in [0.2, 0.25) is 0 Å². The molecule has 0 aromatic rings. The Bertz CT molecular complexity index is 401. The molecule has 7 heteroatoms. The quantitative estimate of drug-likeness (QED) is 0.308. The molecule has 0 aliphatic heterocycles. The van der Waals surface area contributed by atoms with Crippen molar-refractivity contribution in [2.75, 3.05) is 39.5 Å². The molecule has 0 saturated carbocycles. The number of rotatable bonds is 15. The van der Waals surface area contributed by atoms with Crippen LogP contribution in [0.1, 0.15) is 60.8 Å². The molecule has 0 rings (SSSR count). The van der Waals surface area contributed by atoms with Gasteiger partial charge in [-0.1, -0.05) is 41.5 Å². The van der Waals surface area contributed by atoms with E-state index in [-0.39, 0.29) is 55.5 Å². The summed E-state index contributed by atoms with van der Waals surface area (Å²) in [5, 5.41) is 0. The summed E-state index contributed by atoms with van der Waals surface area (Å²) in [6, 6.07) is 0. The first kappa shape index (κ1) is 26.4. The highest BCUT2D eigenvalue weighted by Crippen LogP contribution is 2.06. The fourth-order valence-corrected chi connectivity index (χ4v) is 2.09. The summed E-state index contributed by atoms with van der Waals surface area (Å²) in [4.78, 5) is 37.4. The van der Waals surface area contributed by atoms with E-state index in [1.54, 1.807) is 0 Å². The molecule has 0 bridgehead atoms. The SMILES string of the molecule is CCC(C)C(=O)OCCN(CCOC(=O)C(C)CC)CCOC(=O)C(C)CC. The Morgan fingerprint density at radius 3 is 1.07 bits per heavy atom. The van der Waals surface area contributed by atoms with Gasteiger partial charge in [0.1, 0.15) is 19.8 Å². The van der Waals surface area contributed by atoms with Crippen LogP contribution >= 0.6 is 0 Å². The van der Waals surface area contributed by atoms with Crippen molar-refractivity contribution >= 4 is 17.9 Å². The Balaban J connectivity index is 4.45. The predicted octanol–water partition coefficient (Wildman–Crippen LogP) is 3.06. The summed E-state index contributed by atoms with van der Waals surface area (Å²) in [5.74, 6) is -1.01. The highest BCUT2D eigenvalue weighted by atomic mass is 16.5. The van der Waals surface area contributed by atoms with E-state index in [4.69, 9.17) is 14.2 Å². The lowest BCUT2D eigenvalue weighted by Gasteiger charge is -2.23. The van der Waals surface area contributed by atoms with Gasteiger partial charge in [0, 0.05) is 19.6 Å². The highest BCUT2D eigenvalue weighted by molar-refractivity contribution is 5.72. The van der Waals surface area contributed by atoms with Gasteiger partial charge in [0.15, 0.2) is 0 Å². The van der Waals surface area contributed by atoms with Crippen LogP contribution in [-0.2, 0) is 28.6 Å². The molecule has 0 aromatic heterocycles. The molecule has 0 amide bonds. The minimum absolute atomic E-state index is 0.124. The van der Waals surface area contributed by atoms with Crippen molar-refractivity contribution in [2.45, 2.75) is 60.8 Å². The van der Waals surface area contributed by atoms with Crippen LogP contribution < -0.4 is 0 Å². The number of hydrogen-bond acceptors (Lipinski definition) is 7. The van der Waals surface area contributed by atoms with E-state index in [1.807, 2.05) is 46.4 Å². The standard InChI is InChI=1S/C21H39NO6/c1-7-16(4)19(23)26-13-10-22(11-14-27-20(24)17(5)8-2)12-15-28-21(25)18(6)9-3/h16-18H,7-15H2,1-6H3. The highest BCUT2D eigenvalue weighted by Gasteiger charge is 2.16. The van der Waals surface area contributed by atoms with Crippen LogP contribution in [0.3, 0.4) is 0 Å². The molecule has 0 saturated heterocycles. The largest absolute Gasteiger partial charge is 0.464 e. The normalized spacial score (nSPS) is 14.2. The topological polar surface area (TPSA) is 82.1 Å². The van der Waals surface area contributed by atoms with Gasteiger partial charge in [0.25, 0.3) is 0 Å². The van der Waals surface area contributed by atoms with Crippen molar-refractivity contribution in [3.05, 3.63) is 0 Å². The Labute approximate surface area is 170 Å². The minimum Gasteiger partial charge on any atom is -0.464 e. The van der Waals surface area contributed by atoms with Gasteiger partial charge < -0.3 is 14.2 Å². The van der Waals surface area contributed by atoms with Gasteiger partial charge in [0.05, 0.1) is 17.8 Å². The van der Waals surface area contributed by atoms with Gasteiger partial charge in [-0.3, -0.25) is 19.3 Å². The average Bonchev–Trinajstić information content (AvgIpc) is 2.70. The molecule has 0 aliphatic carbocycles. The molecule has 0 fully saturated rings. The molecule has 0 aromatic carbocycles. The molecule has 0 heterocycles. The summed E-state index contributed by atoms with van der Waals surface area (Å²) >= 11 is 0. The number of carbonyl (C=O) groups excluding carboxylic acids is 3. The van der Waals surface area contributed by atoms with Gasteiger partial charge in [0.2, 0.25) is 0 Å². The van der Waals surface area contributed by atoms with Gasteiger partial charge in [-0.05, 0) is 19.3 Å². The molecule has 3 atom stereocenters. The molecular formula is C21H39NO6. The predicted molar refractivity (Wildman–Crippen MR) is 108 cm³/mol. The summed E-state index contributed by atoms with van der Waals surface area (Å²) < 4.78 is 15.9. The van der Waals surface area contributed by atoms with Crippen LogP contribution in [0, 0.1) is 17.8 Å². The first-order valence-corrected chi connectivity index (χ1v) is 10.5. The van der Waals surface area contributed by atoms with E-state index < -0.39 is 0 Å². The molecule has 0 aliphatic rings. The van der Waals surface area contributed by atoms with Crippen molar-refractivity contribution in [1.29, 1.82) is 0 Å². The summed E-state index contributed by atoms with van der Waals surface area (Å²) in [5.41, 5.74) is 0. The second-order valence-electron chi connectivity index (χ2n) is 7.27. The van der Waals surface area contributed by atoms with Crippen molar-refractivity contribution in [3.63, 3.8) is 0 Å². The maximum Gasteiger partial charge on any atom is 0.308 e. The van der Waals surface area contributed by atoms with Crippen molar-refractivity contribution < 1.29 is 28.6 Å². The Hall–Kier alpha value is -1.63. The molecule has 0 radical (unpaired) electrons. The first-order chi connectivity index (χ1) is 13.3. The number of carbonyl (C=O) groups is 3. The molecular weight excluding hydrogens is 362 g/mol. The molecule has 0 spiro atoms. The number of nitrogens with zero attached hydrogens (tertiary/aromatic N) is 1. The third-order valence-electron chi connectivity index (χ3n) is 5.00. The molecule has 164 valence electrons. The van der Waals surface area contributed by atoms with E-state index >= 15 is 0 Å². The maximum absolute atomic E-state index is 11.8. The lowest BCUT2D eigenvalue weighted by atomic mass is 10.1. The molecule has 28 heavy (non-hydrogen) atoms. The fourth-order valence-electron chi connectivity index (χ4n) is 2.09. The molecule has 7 nitrogen and oxygen atoms in total. The Kier molecular flexibility index (Phi) is 14.4. The summed E-state index contributed by atoms with van der Waals surface area (Å²) in [7, 11) is 0. The first-order valence-electron chi connectivity index (χ1n) is 10.5. The lowest BCUT2D eigenvalue weighted by molar-refractivity contribution is -0.149. The summed E-state index contributed by atoms with van der Waals surface area (Å²) in [6.45, 7) is 13.6. The van der Waals surface area contributed by atoms with Crippen LogP contribution in [0.25, 0.3) is 0 Å². The smallest absolute Gasteiger partial charge is 0.308 e. The van der Waals surface area contributed by atoms with Crippen LogP contribution in [0.4, 0.5) is 0 Å². The van der Waals surface area contributed by atoms with Crippen LogP contribution in [0.5, 0.6) is 0 Å². The van der Waals surface area contributed by atoms with E-state index in [1.165, 1.54) is 0 Å². The van der Waals surface area contributed by atoms with Gasteiger partial charge in [-0.15, -0.1) is 0 Å². The zero-order chi connectivity index (χ0) is 21.5. The van der Waals surface area contributed by atoms with E-state index in [0.717, 1.165) is 19.3 Å². The Morgan fingerprint density at radius 2 is 0.857 bits per heavy atom. The van der Waals surface area contributed by atoms with E-state index in [9.17, 15) is 14.4 Å².